The molecule has 4 aromatic heterocycles. The smallest absolute Gasteiger partial charge is 0.167 e. The van der Waals surface area contributed by atoms with Crippen LogP contribution in [0, 0.1) is 0 Å². The fourth-order valence-corrected chi connectivity index (χ4v) is 6.59. The standard InChI is InChI=1S/C40H22N4O2/c1-2-10-24-21-25(20-19-23(24)9-1)38-42-39(44-40(43-38)30-15-7-13-27-26-11-4-6-17-33(26)45-36(27)30)29-14-8-18-34-35(29)31-22-41-32-16-5-3-12-28(32)37(31)46-34/h1-22H. The summed E-state index contributed by atoms with van der Waals surface area (Å²) in [4.78, 5) is 20.1. The van der Waals surface area contributed by atoms with Crippen molar-refractivity contribution in [3.05, 3.63) is 134 Å². The molecule has 0 radical (unpaired) electrons. The van der Waals surface area contributed by atoms with Crippen LogP contribution < -0.4 is 0 Å². The normalized spacial score (nSPS) is 11.9. The number of benzene rings is 6. The van der Waals surface area contributed by atoms with Crippen LogP contribution in [0.1, 0.15) is 0 Å². The fraction of sp³-hybridized carbons (Fsp3) is 0. The first-order valence-corrected chi connectivity index (χ1v) is 15.1. The molecule has 214 valence electrons. The van der Waals surface area contributed by atoms with Gasteiger partial charge in [-0.25, -0.2) is 15.0 Å². The fourth-order valence-electron chi connectivity index (χ4n) is 6.59. The highest BCUT2D eigenvalue weighted by Gasteiger charge is 2.21. The first-order valence-electron chi connectivity index (χ1n) is 15.1. The lowest BCUT2D eigenvalue weighted by atomic mass is 10.0. The molecule has 0 aliphatic heterocycles. The van der Waals surface area contributed by atoms with Gasteiger partial charge >= 0.3 is 0 Å². The summed E-state index contributed by atoms with van der Waals surface area (Å²) in [6.07, 6.45) is 1.88. The van der Waals surface area contributed by atoms with Gasteiger partial charge < -0.3 is 8.83 Å². The highest BCUT2D eigenvalue weighted by atomic mass is 16.3. The minimum Gasteiger partial charge on any atom is -0.455 e. The SMILES string of the molecule is c1ccc2cc(-c3nc(-c4cccc5c4oc4ccccc45)nc(-c4cccc5oc6c7ccccc7ncc6c45)n3)ccc2c1. The van der Waals surface area contributed by atoms with Gasteiger partial charge in [-0.2, -0.15) is 0 Å². The number of furan rings is 2. The molecular weight excluding hydrogens is 568 g/mol. The molecule has 10 rings (SSSR count). The molecule has 0 aliphatic carbocycles. The maximum Gasteiger partial charge on any atom is 0.167 e. The van der Waals surface area contributed by atoms with E-state index in [-0.39, 0.29) is 0 Å². The van der Waals surface area contributed by atoms with Gasteiger partial charge in [-0.1, -0.05) is 91.0 Å². The highest BCUT2D eigenvalue weighted by molar-refractivity contribution is 6.17. The Hall–Kier alpha value is -6.40. The summed E-state index contributed by atoms with van der Waals surface area (Å²) < 4.78 is 12.9. The third kappa shape index (κ3) is 3.70. The molecule has 4 heterocycles. The second kappa shape index (κ2) is 9.55. The molecule has 46 heavy (non-hydrogen) atoms. The quantitative estimate of drug-likeness (QED) is 0.204. The summed E-state index contributed by atoms with van der Waals surface area (Å²) in [5, 5.41) is 7.14. The Morgan fingerprint density at radius 3 is 2.04 bits per heavy atom. The monoisotopic (exact) mass is 590 g/mol. The highest BCUT2D eigenvalue weighted by Crippen LogP contribution is 2.40. The second-order valence-electron chi connectivity index (χ2n) is 11.4. The lowest BCUT2D eigenvalue weighted by molar-refractivity contribution is 0.669. The van der Waals surface area contributed by atoms with E-state index in [1.165, 1.54) is 0 Å². The van der Waals surface area contributed by atoms with Gasteiger partial charge in [0.25, 0.3) is 0 Å². The van der Waals surface area contributed by atoms with Crippen LogP contribution in [0.15, 0.2) is 142 Å². The number of pyridine rings is 1. The second-order valence-corrected chi connectivity index (χ2v) is 11.4. The first kappa shape index (κ1) is 25.0. The summed E-state index contributed by atoms with van der Waals surface area (Å²) >= 11 is 0. The molecule has 0 saturated heterocycles. The maximum absolute atomic E-state index is 6.47. The minimum atomic E-state index is 0.534. The third-order valence-corrected chi connectivity index (χ3v) is 8.76. The van der Waals surface area contributed by atoms with Crippen LogP contribution in [0.25, 0.3) is 99.7 Å². The number of aromatic nitrogens is 4. The molecule has 0 aliphatic rings. The largest absolute Gasteiger partial charge is 0.455 e. The predicted octanol–water partition coefficient (Wildman–Crippen LogP) is 10.4. The van der Waals surface area contributed by atoms with Gasteiger partial charge in [0.15, 0.2) is 17.5 Å². The molecule has 6 aromatic carbocycles. The van der Waals surface area contributed by atoms with E-state index in [1.54, 1.807) is 0 Å². The van der Waals surface area contributed by atoms with Gasteiger partial charge in [-0.15, -0.1) is 0 Å². The summed E-state index contributed by atoms with van der Waals surface area (Å²) in [6.45, 7) is 0. The van der Waals surface area contributed by atoms with Crippen molar-refractivity contribution < 1.29 is 8.83 Å². The van der Waals surface area contributed by atoms with Gasteiger partial charge in [0, 0.05) is 44.3 Å². The van der Waals surface area contributed by atoms with Crippen LogP contribution >= 0.6 is 0 Å². The van der Waals surface area contributed by atoms with Crippen LogP contribution in [0.2, 0.25) is 0 Å². The van der Waals surface area contributed by atoms with Crippen LogP contribution in [-0.2, 0) is 0 Å². The number of hydrogen-bond donors (Lipinski definition) is 0. The van der Waals surface area contributed by atoms with Crippen molar-refractivity contribution in [2.24, 2.45) is 0 Å². The Labute approximate surface area is 261 Å². The number of hydrogen-bond acceptors (Lipinski definition) is 6. The van der Waals surface area contributed by atoms with Crippen LogP contribution in [0.3, 0.4) is 0 Å². The molecule has 6 nitrogen and oxygen atoms in total. The number of rotatable bonds is 3. The summed E-state index contributed by atoms with van der Waals surface area (Å²) in [5.74, 6) is 1.65. The lowest BCUT2D eigenvalue weighted by Gasteiger charge is -2.10. The van der Waals surface area contributed by atoms with Crippen LogP contribution in [-0.4, -0.2) is 19.9 Å². The molecule has 0 fully saturated rings. The molecule has 0 spiro atoms. The van der Waals surface area contributed by atoms with Crippen molar-refractivity contribution in [2.45, 2.75) is 0 Å². The summed E-state index contributed by atoms with van der Waals surface area (Å²) in [5.41, 5.74) is 6.54. The molecule has 6 heteroatoms. The molecular formula is C40H22N4O2. The molecule has 0 amide bonds. The van der Waals surface area contributed by atoms with Crippen LogP contribution in [0.4, 0.5) is 0 Å². The Kier molecular flexibility index (Phi) is 5.19. The zero-order valence-electron chi connectivity index (χ0n) is 24.3. The van der Waals surface area contributed by atoms with Gasteiger partial charge in [0.05, 0.1) is 11.1 Å². The van der Waals surface area contributed by atoms with E-state index in [0.717, 1.165) is 82.2 Å². The first-order chi connectivity index (χ1) is 22.8. The van der Waals surface area contributed by atoms with E-state index < -0.39 is 0 Å². The molecule has 0 saturated carbocycles. The zero-order valence-corrected chi connectivity index (χ0v) is 24.3. The minimum absolute atomic E-state index is 0.534. The van der Waals surface area contributed by atoms with Gasteiger partial charge in [-0.3, -0.25) is 4.98 Å². The van der Waals surface area contributed by atoms with Gasteiger partial charge in [0.1, 0.15) is 22.3 Å². The number of para-hydroxylation sites is 3. The molecule has 0 bridgehead atoms. The van der Waals surface area contributed by atoms with E-state index in [0.29, 0.717) is 17.5 Å². The van der Waals surface area contributed by atoms with Crippen molar-refractivity contribution in [2.75, 3.05) is 0 Å². The van der Waals surface area contributed by atoms with Gasteiger partial charge in [0.2, 0.25) is 0 Å². The van der Waals surface area contributed by atoms with Crippen molar-refractivity contribution in [3.63, 3.8) is 0 Å². The van der Waals surface area contributed by atoms with E-state index >= 15 is 0 Å². The average molecular weight is 591 g/mol. The third-order valence-electron chi connectivity index (χ3n) is 8.76. The predicted molar refractivity (Wildman–Crippen MR) is 183 cm³/mol. The molecule has 0 N–H and O–H groups in total. The van der Waals surface area contributed by atoms with Gasteiger partial charge in [-0.05, 0) is 47.2 Å². The average Bonchev–Trinajstić information content (AvgIpc) is 3.70. The van der Waals surface area contributed by atoms with E-state index in [9.17, 15) is 0 Å². The topological polar surface area (TPSA) is 77.8 Å². The van der Waals surface area contributed by atoms with Crippen molar-refractivity contribution in [1.82, 2.24) is 19.9 Å². The number of nitrogens with zero attached hydrogens (tertiary/aromatic N) is 4. The van der Waals surface area contributed by atoms with Crippen molar-refractivity contribution in [3.8, 4) is 34.2 Å². The maximum atomic E-state index is 6.47. The summed E-state index contributed by atoms with van der Waals surface area (Å²) in [7, 11) is 0. The molecule has 10 aromatic rings. The van der Waals surface area contributed by atoms with E-state index in [4.69, 9.17) is 28.8 Å². The van der Waals surface area contributed by atoms with E-state index in [2.05, 4.69) is 42.5 Å². The molecule has 0 atom stereocenters. The Morgan fingerprint density at radius 1 is 0.435 bits per heavy atom. The van der Waals surface area contributed by atoms with E-state index in [1.807, 2.05) is 91.1 Å². The zero-order chi connectivity index (χ0) is 30.2. The van der Waals surface area contributed by atoms with Crippen molar-refractivity contribution in [1.29, 1.82) is 0 Å². The lowest BCUT2D eigenvalue weighted by Crippen LogP contribution is -2.00. The number of fused-ring (bicyclic) bond motifs is 9. The van der Waals surface area contributed by atoms with Crippen LogP contribution in [0.5, 0.6) is 0 Å². The Bertz CT molecular complexity index is 2830. The Morgan fingerprint density at radius 2 is 1.11 bits per heavy atom. The summed E-state index contributed by atoms with van der Waals surface area (Å²) in [6, 6.07) is 42.8. The van der Waals surface area contributed by atoms with Crippen molar-refractivity contribution >= 4 is 65.6 Å². The Balaban J connectivity index is 1.27. The molecule has 0 unspecified atom stereocenters.